The summed E-state index contributed by atoms with van der Waals surface area (Å²) in [7, 11) is 0. The van der Waals surface area contributed by atoms with E-state index in [2.05, 4.69) is 0 Å². The molecule has 0 radical (unpaired) electrons. The van der Waals surface area contributed by atoms with Crippen LogP contribution in [0.1, 0.15) is 31.2 Å². The van der Waals surface area contributed by atoms with E-state index in [4.69, 9.17) is 4.74 Å². The largest absolute Gasteiger partial charge is 0.457 e. The maximum Gasteiger partial charge on any atom is 0.334 e. The van der Waals surface area contributed by atoms with E-state index in [9.17, 15) is 9.59 Å². The molecule has 0 saturated carbocycles. The summed E-state index contributed by atoms with van der Waals surface area (Å²) in [5.41, 5.74) is 1.69. The van der Waals surface area contributed by atoms with Gasteiger partial charge < -0.3 is 9.53 Å². The van der Waals surface area contributed by atoms with Crippen LogP contribution in [0.25, 0.3) is 0 Å². The Morgan fingerprint density at radius 3 is 2.79 bits per heavy atom. The summed E-state index contributed by atoms with van der Waals surface area (Å²) >= 11 is 0. The Kier molecular flexibility index (Phi) is 4.90. The molecule has 0 spiro atoms. The lowest BCUT2D eigenvalue weighted by Crippen LogP contribution is -2.08. The zero-order valence-electron chi connectivity index (χ0n) is 10.9. The number of hydrogen-bond acceptors (Lipinski definition) is 3. The second-order valence-corrected chi connectivity index (χ2v) is 4.80. The normalized spacial score (nSPS) is 19.2. The molecule has 0 aromatic heterocycles. The van der Waals surface area contributed by atoms with E-state index in [1.165, 1.54) is 0 Å². The third-order valence-corrected chi connectivity index (χ3v) is 3.38. The molecule has 100 valence electrons. The fourth-order valence-corrected chi connectivity index (χ4v) is 2.20. The van der Waals surface area contributed by atoms with Gasteiger partial charge in [-0.05, 0) is 31.2 Å². The van der Waals surface area contributed by atoms with Gasteiger partial charge in [-0.15, -0.1) is 0 Å². The quantitative estimate of drug-likeness (QED) is 0.616. The summed E-state index contributed by atoms with van der Waals surface area (Å²) in [6.45, 7) is 0.300. The predicted molar refractivity (Wildman–Crippen MR) is 72.3 cm³/mol. The third-order valence-electron chi connectivity index (χ3n) is 3.38. The van der Waals surface area contributed by atoms with E-state index in [1.807, 2.05) is 36.4 Å². The van der Waals surface area contributed by atoms with Crippen molar-refractivity contribution < 1.29 is 14.3 Å². The summed E-state index contributed by atoms with van der Waals surface area (Å²) in [5, 5.41) is 0. The van der Waals surface area contributed by atoms with Crippen molar-refractivity contribution in [2.45, 2.75) is 32.3 Å². The molecule has 0 N–H and O–H groups in total. The van der Waals surface area contributed by atoms with Gasteiger partial charge in [-0.1, -0.05) is 36.4 Å². The zero-order valence-corrected chi connectivity index (χ0v) is 10.9. The molecule has 19 heavy (non-hydrogen) atoms. The van der Waals surface area contributed by atoms with Gasteiger partial charge in [-0.3, -0.25) is 0 Å². The highest BCUT2D eigenvalue weighted by molar-refractivity contribution is 5.88. The van der Waals surface area contributed by atoms with Gasteiger partial charge in [0.1, 0.15) is 12.9 Å². The van der Waals surface area contributed by atoms with Crippen LogP contribution in [-0.4, -0.2) is 12.3 Å². The Morgan fingerprint density at radius 2 is 2.05 bits per heavy atom. The lowest BCUT2D eigenvalue weighted by molar-refractivity contribution is -0.140. The molecule has 2 rings (SSSR count). The first-order valence-corrected chi connectivity index (χ1v) is 6.65. The van der Waals surface area contributed by atoms with Crippen molar-refractivity contribution in [3.05, 3.63) is 47.5 Å². The van der Waals surface area contributed by atoms with E-state index in [0.29, 0.717) is 18.6 Å². The van der Waals surface area contributed by atoms with Crippen LogP contribution in [0, 0.1) is 5.92 Å². The molecule has 0 fully saturated rings. The molecule has 0 aliphatic heterocycles. The van der Waals surface area contributed by atoms with Crippen molar-refractivity contribution >= 4 is 12.3 Å². The van der Waals surface area contributed by atoms with Crippen LogP contribution < -0.4 is 0 Å². The fourth-order valence-electron chi connectivity index (χ4n) is 2.20. The SMILES string of the molecule is O=CC1CCC=C(C(=O)OCc2ccccc2)CC1. The van der Waals surface area contributed by atoms with Crippen LogP contribution >= 0.6 is 0 Å². The Morgan fingerprint density at radius 1 is 1.26 bits per heavy atom. The van der Waals surface area contributed by atoms with Crippen LogP contribution in [0.3, 0.4) is 0 Å². The van der Waals surface area contributed by atoms with Gasteiger partial charge >= 0.3 is 5.97 Å². The van der Waals surface area contributed by atoms with Gasteiger partial charge in [-0.25, -0.2) is 4.79 Å². The lowest BCUT2D eigenvalue weighted by atomic mass is 10.0. The van der Waals surface area contributed by atoms with Crippen molar-refractivity contribution in [2.24, 2.45) is 5.92 Å². The summed E-state index contributed by atoms with van der Waals surface area (Å²) < 4.78 is 5.30. The van der Waals surface area contributed by atoms with E-state index in [-0.39, 0.29) is 11.9 Å². The Hall–Kier alpha value is -1.90. The van der Waals surface area contributed by atoms with Crippen LogP contribution in [0.2, 0.25) is 0 Å². The van der Waals surface area contributed by atoms with Crippen molar-refractivity contribution in [1.29, 1.82) is 0 Å². The first kappa shape index (κ1) is 13.5. The highest BCUT2D eigenvalue weighted by Crippen LogP contribution is 2.22. The Bertz CT molecular complexity index is 462. The number of carbonyl (C=O) groups excluding carboxylic acids is 2. The molecule has 1 aliphatic rings. The van der Waals surface area contributed by atoms with Gasteiger partial charge in [0.05, 0.1) is 0 Å². The first-order chi connectivity index (χ1) is 9.29. The van der Waals surface area contributed by atoms with Crippen LogP contribution in [0.4, 0.5) is 0 Å². The smallest absolute Gasteiger partial charge is 0.334 e. The van der Waals surface area contributed by atoms with Crippen LogP contribution in [-0.2, 0) is 20.9 Å². The molecular weight excluding hydrogens is 240 g/mol. The number of rotatable bonds is 4. The van der Waals surface area contributed by atoms with Crippen LogP contribution in [0.5, 0.6) is 0 Å². The molecule has 1 aromatic rings. The van der Waals surface area contributed by atoms with Crippen molar-refractivity contribution in [1.82, 2.24) is 0 Å². The number of ether oxygens (including phenoxy) is 1. The van der Waals surface area contributed by atoms with Crippen LogP contribution in [0.15, 0.2) is 42.0 Å². The molecule has 0 bridgehead atoms. The molecule has 0 saturated heterocycles. The molecule has 3 heteroatoms. The summed E-state index contributed by atoms with van der Waals surface area (Å²) in [5.74, 6) is -0.175. The highest BCUT2D eigenvalue weighted by atomic mass is 16.5. The average Bonchev–Trinajstić information content (AvgIpc) is 2.71. The predicted octanol–water partition coefficient (Wildman–Crippen LogP) is 3.05. The lowest BCUT2D eigenvalue weighted by Gasteiger charge is -2.08. The van der Waals surface area contributed by atoms with Gasteiger partial charge in [0.15, 0.2) is 0 Å². The molecule has 1 aromatic carbocycles. The monoisotopic (exact) mass is 258 g/mol. The molecule has 1 atom stereocenters. The van der Waals surface area contributed by atoms with E-state index < -0.39 is 0 Å². The summed E-state index contributed by atoms with van der Waals surface area (Å²) in [6.07, 6.45) is 5.90. The summed E-state index contributed by atoms with van der Waals surface area (Å²) in [4.78, 5) is 22.7. The topological polar surface area (TPSA) is 43.4 Å². The third kappa shape index (κ3) is 4.05. The minimum Gasteiger partial charge on any atom is -0.457 e. The molecule has 1 unspecified atom stereocenters. The Balaban J connectivity index is 1.86. The van der Waals surface area contributed by atoms with Gasteiger partial charge in [-0.2, -0.15) is 0 Å². The molecule has 1 aliphatic carbocycles. The maximum absolute atomic E-state index is 11.9. The summed E-state index contributed by atoms with van der Waals surface area (Å²) in [6, 6.07) is 9.62. The van der Waals surface area contributed by atoms with E-state index >= 15 is 0 Å². The van der Waals surface area contributed by atoms with Gasteiger partial charge in [0, 0.05) is 11.5 Å². The minimum absolute atomic E-state index is 0.0793. The molecule has 3 nitrogen and oxygen atoms in total. The molecule has 0 heterocycles. The van der Waals surface area contributed by atoms with E-state index in [1.54, 1.807) is 0 Å². The highest BCUT2D eigenvalue weighted by Gasteiger charge is 2.17. The maximum atomic E-state index is 11.9. The zero-order chi connectivity index (χ0) is 13.5. The van der Waals surface area contributed by atoms with Crippen molar-refractivity contribution in [3.63, 3.8) is 0 Å². The minimum atomic E-state index is -0.254. The number of aldehydes is 1. The Labute approximate surface area is 113 Å². The number of carbonyl (C=O) groups is 2. The van der Waals surface area contributed by atoms with Crippen molar-refractivity contribution in [2.75, 3.05) is 0 Å². The number of allylic oxidation sites excluding steroid dienone is 1. The molecular formula is C16H18O3. The standard InChI is InChI=1S/C16H18O3/c17-11-13-7-4-8-15(10-9-13)16(18)19-12-14-5-2-1-3-6-14/h1-3,5-6,8,11,13H,4,7,9-10,12H2. The second-order valence-electron chi connectivity index (χ2n) is 4.80. The van der Waals surface area contributed by atoms with Crippen molar-refractivity contribution in [3.8, 4) is 0 Å². The number of esters is 1. The van der Waals surface area contributed by atoms with Gasteiger partial charge in [0.2, 0.25) is 0 Å². The second kappa shape index (κ2) is 6.88. The number of hydrogen-bond donors (Lipinski definition) is 0. The number of benzene rings is 1. The first-order valence-electron chi connectivity index (χ1n) is 6.65. The molecule has 0 amide bonds. The average molecular weight is 258 g/mol. The van der Waals surface area contributed by atoms with Gasteiger partial charge in [0.25, 0.3) is 0 Å². The fraction of sp³-hybridized carbons (Fsp3) is 0.375. The van der Waals surface area contributed by atoms with E-state index in [0.717, 1.165) is 31.1 Å².